The Morgan fingerprint density at radius 3 is 2.43 bits per heavy atom. The molecular weight excluding hydrogens is 487 g/mol. The van der Waals surface area contributed by atoms with E-state index in [4.69, 9.17) is 4.74 Å². The molecule has 1 aliphatic carbocycles. The molecule has 7 nitrogen and oxygen atoms in total. The van der Waals surface area contributed by atoms with Crippen LogP contribution in [0.5, 0.6) is 5.75 Å². The van der Waals surface area contributed by atoms with E-state index in [9.17, 15) is 27.9 Å². The van der Waals surface area contributed by atoms with E-state index in [2.05, 4.69) is 15.3 Å². The summed E-state index contributed by atoms with van der Waals surface area (Å²) in [6.07, 6.45) is -0.762. The summed E-state index contributed by atoms with van der Waals surface area (Å²) in [5.74, 6) is -0.611. The number of carbonyl (C=O) groups is 2. The highest BCUT2D eigenvalue weighted by molar-refractivity contribution is 5.95. The highest BCUT2D eigenvalue weighted by Gasteiger charge is 2.32. The van der Waals surface area contributed by atoms with Gasteiger partial charge in [-0.3, -0.25) is 4.79 Å². The van der Waals surface area contributed by atoms with Crippen molar-refractivity contribution in [2.45, 2.75) is 50.8 Å². The van der Waals surface area contributed by atoms with Crippen molar-refractivity contribution in [3.63, 3.8) is 0 Å². The lowest BCUT2D eigenvalue weighted by Gasteiger charge is -2.21. The molecule has 3 aromatic rings. The van der Waals surface area contributed by atoms with E-state index in [0.717, 1.165) is 30.5 Å². The topological polar surface area (TPSA) is 101 Å². The lowest BCUT2D eigenvalue weighted by Crippen LogP contribution is -2.37. The Hall–Kier alpha value is -3.95. The molecule has 1 amide bonds. The van der Waals surface area contributed by atoms with Crippen LogP contribution in [0.25, 0.3) is 11.4 Å². The molecule has 0 radical (unpaired) electrons. The maximum Gasteiger partial charge on any atom is 0.416 e. The summed E-state index contributed by atoms with van der Waals surface area (Å²) in [6, 6.07) is 11.6. The van der Waals surface area contributed by atoms with Gasteiger partial charge in [-0.05, 0) is 62.9 Å². The van der Waals surface area contributed by atoms with Crippen LogP contribution in [0.15, 0.2) is 54.7 Å². The van der Waals surface area contributed by atoms with Crippen LogP contribution in [0.3, 0.4) is 0 Å². The van der Waals surface area contributed by atoms with E-state index >= 15 is 0 Å². The van der Waals surface area contributed by atoms with Crippen LogP contribution < -0.4 is 10.1 Å². The first-order valence-corrected chi connectivity index (χ1v) is 11.8. The molecule has 37 heavy (non-hydrogen) atoms. The second-order valence-corrected chi connectivity index (χ2v) is 9.41. The monoisotopic (exact) mass is 513 g/mol. The number of benzene rings is 2. The fourth-order valence-corrected chi connectivity index (χ4v) is 3.70. The molecule has 4 rings (SSSR count). The normalized spacial score (nSPS) is 13.8. The lowest BCUT2D eigenvalue weighted by atomic mass is 10.1. The average molecular weight is 514 g/mol. The number of amides is 1. The number of halogens is 3. The van der Waals surface area contributed by atoms with Crippen molar-refractivity contribution >= 4 is 11.9 Å². The summed E-state index contributed by atoms with van der Waals surface area (Å²) >= 11 is 0. The number of nitrogens with one attached hydrogen (secondary N) is 1. The molecule has 0 saturated heterocycles. The van der Waals surface area contributed by atoms with Gasteiger partial charge in [0.05, 0.1) is 16.8 Å². The zero-order valence-electron chi connectivity index (χ0n) is 20.3. The summed E-state index contributed by atoms with van der Waals surface area (Å²) in [6.45, 7) is 3.24. The van der Waals surface area contributed by atoms with Crippen molar-refractivity contribution in [2.75, 3.05) is 6.54 Å². The number of rotatable bonds is 9. The van der Waals surface area contributed by atoms with E-state index in [1.807, 2.05) is 6.07 Å². The number of carbonyl (C=O) groups excluding carboxylic acids is 1. The number of carboxylic acid groups (broad SMARTS) is 1. The first-order chi connectivity index (χ1) is 17.4. The Morgan fingerprint density at radius 2 is 1.81 bits per heavy atom. The van der Waals surface area contributed by atoms with E-state index in [0.29, 0.717) is 35.5 Å². The Bertz CT molecular complexity index is 1300. The first kappa shape index (κ1) is 26.1. The van der Waals surface area contributed by atoms with Gasteiger partial charge in [0.2, 0.25) is 0 Å². The largest absolute Gasteiger partial charge is 0.478 e. The second kappa shape index (κ2) is 10.2. The van der Waals surface area contributed by atoms with E-state index in [-0.39, 0.29) is 17.6 Å². The molecule has 1 heterocycles. The predicted octanol–water partition coefficient (Wildman–Crippen LogP) is 5.25. The molecule has 1 aromatic heterocycles. The minimum atomic E-state index is -4.43. The molecule has 1 saturated carbocycles. The number of nitrogens with zero attached hydrogens (tertiary/aromatic N) is 2. The minimum Gasteiger partial charge on any atom is -0.478 e. The van der Waals surface area contributed by atoms with Crippen molar-refractivity contribution in [3.05, 3.63) is 77.1 Å². The van der Waals surface area contributed by atoms with Gasteiger partial charge in [0, 0.05) is 24.2 Å². The number of alkyl halides is 3. The minimum absolute atomic E-state index is 0.114. The first-order valence-electron chi connectivity index (χ1n) is 11.8. The van der Waals surface area contributed by atoms with Crippen LogP contribution in [0.4, 0.5) is 13.2 Å². The molecule has 2 N–H and O–H groups in total. The summed E-state index contributed by atoms with van der Waals surface area (Å²) in [7, 11) is 0. The molecule has 194 valence electrons. The van der Waals surface area contributed by atoms with Gasteiger partial charge in [-0.2, -0.15) is 13.2 Å². The zero-order valence-corrected chi connectivity index (χ0v) is 20.3. The third kappa shape index (κ3) is 6.44. The Labute approximate surface area is 211 Å². The molecule has 0 spiro atoms. The standard InChI is InChI=1S/C27H26F3N3O4/c1-26(2,25(35)36)37-20-5-3-4-16(14-20)12-13-31-24(34)21-15-32-23(33-22(21)17-6-7-17)18-8-10-19(11-9-18)27(28,29)30/h3-5,8-11,14-15,17H,6-7,12-13H2,1-2H3,(H,31,34)(H,35,36). The van der Waals surface area contributed by atoms with Crippen LogP contribution in [0.1, 0.15) is 59.8 Å². The maximum atomic E-state index is 12.9. The number of aromatic nitrogens is 2. The molecule has 10 heteroatoms. The van der Waals surface area contributed by atoms with Gasteiger partial charge in [-0.25, -0.2) is 14.8 Å². The van der Waals surface area contributed by atoms with Gasteiger partial charge in [-0.1, -0.05) is 24.3 Å². The quantitative estimate of drug-likeness (QED) is 0.405. The molecule has 1 fully saturated rings. The molecular formula is C27H26F3N3O4. The fourth-order valence-electron chi connectivity index (χ4n) is 3.70. The van der Waals surface area contributed by atoms with Gasteiger partial charge in [0.1, 0.15) is 5.75 Å². The Morgan fingerprint density at radius 1 is 1.11 bits per heavy atom. The van der Waals surface area contributed by atoms with Crippen LogP contribution in [-0.2, 0) is 17.4 Å². The number of aliphatic carboxylic acids is 1. The van der Waals surface area contributed by atoms with Crippen LogP contribution in [-0.4, -0.2) is 39.1 Å². The molecule has 0 aliphatic heterocycles. The van der Waals surface area contributed by atoms with Gasteiger partial charge in [0.25, 0.3) is 5.91 Å². The average Bonchev–Trinajstić information content (AvgIpc) is 3.69. The Kier molecular flexibility index (Phi) is 7.20. The third-order valence-electron chi connectivity index (χ3n) is 5.98. The van der Waals surface area contributed by atoms with E-state index in [1.165, 1.54) is 32.2 Å². The number of ether oxygens (including phenoxy) is 1. The van der Waals surface area contributed by atoms with Gasteiger partial charge < -0.3 is 15.2 Å². The number of hydrogen-bond donors (Lipinski definition) is 2. The zero-order chi connectivity index (χ0) is 26.8. The van der Waals surface area contributed by atoms with Crippen molar-refractivity contribution in [1.29, 1.82) is 0 Å². The summed E-state index contributed by atoms with van der Waals surface area (Å²) in [5, 5.41) is 12.1. The van der Waals surface area contributed by atoms with Crippen molar-refractivity contribution in [1.82, 2.24) is 15.3 Å². The van der Waals surface area contributed by atoms with Crippen LogP contribution in [0.2, 0.25) is 0 Å². The van der Waals surface area contributed by atoms with Gasteiger partial charge >= 0.3 is 12.1 Å². The Balaban J connectivity index is 1.42. The van der Waals surface area contributed by atoms with Gasteiger partial charge in [-0.15, -0.1) is 0 Å². The summed E-state index contributed by atoms with van der Waals surface area (Å²) in [4.78, 5) is 33.0. The predicted molar refractivity (Wildman–Crippen MR) is 129 cm³/mol. The van der Waals surface area contributed by atoms with Crippen molar-refractivity contribution in [2.24, 2.45) is 0 Å². The highest BCUT2D eigenvalue weighted by atomic mass is 19.4. The van der Waals surface area contributed by atoms with E-state index in [1.54, 1.807) is 18.2 Å². The molecule has 1 aliphatic rings. The summed E-state index contributed by atoms with van der Waals surface area (Å²) in [5.41, 5.74) is 0.105. The number of hydrogen-bond acceptors (Lipinski definition) is 5. The van der Waals surface area contributed by atoms with Crippen LogP contribution in [0, 0.1) is 0 Å². The van der Waals surface area contributed by atoms with Crippen molar-refractivity contribution < 1.29 is 32.6 Å². The third-order valence-corrected chi connectivity index (χ3v) is 5.98. The SMILES string of the molecule is CC(C)(Oc1cccc(CCNC(=O)c2cnc(-c3ccc(C(F)(F)F)cc3)nc2C2CC2)c1)C(=O)O. The van der Waals surface area contributed by atoms with E-state index < -0.39 is 23.3 Å². The molecule has 0 bridgehead atoms. The van der Waals surface area contributed by atoms with Crippen molar-refractivity contribution in [3.8, 4) is 17.1 Å². The van der Waals surface area contributed by atoms with Crippen LogP contribution >= 0.6 is 0 Å². The molecule has 2 aromatic carbocycles. The smallest absolute Gasteiger partial charge is 0.416 e. The molecule has 0 atom stereocenters. The summed E-state index contributed by atoms with van der Waals surface area (Å²) < 4.78 is 44.1. The lowest BCUT2D eigenvalue weighted by molar-refractivity contribution is -0.152. The van der Waals surface area contributed by atoms with Gasteiger partial charge in [0.15, 0.2) is 11.4 Å². The number of carboxylic acids is 1. The fraction of sp³-hybridized carbons (Fsp3) is 0.333. The maximum absolute atomic E-state index is 12.9. The molecule has 0 unspecified atom stereocenters. The second-order valence-electron chi connectivity index (χ2n) is 9.41. The highest BCUT2D eigenvalue weighted by Crippen LogP contribution is 2.41.